The van der Waals surface area contributed by atoms with Crippen molar-refractivity contribution in [1.82, 2.24) is 19.5 Å². The van der Waals surface area contributed by atoms with E-state index in [0.717, 1.165) is 36.3 Å². The van der Waals surface area contributed by atoms with Gasteiger partial charge >= 0.3 is 0 Å². The van der Waals surface area contributed by atoms with Gasteiger partial charge < -0.3 is 5.32 Å². The zero-order chi connectivity index (χ0) is 20.6. The number of rotatable bonds is 4. The van der Waals surface area contributed by atoms with Crippen molar-refractivity contribution in [2.24, 2.45) is 5.41 Å². The molecular formula is C22H27ClFN5. The highest BCUT2D eigenvalue weighted by molar-refractivity contribution is 6.30. The molecule has 0 amide bonds. The molecule has 2 aromatic heterocycles. The van der Waals surface area contributed by atoms with Gasteiger partial charge in [-0.3, -0.25) is 4.57 Å². The molecule has 0 saturated heterocycles. The molecule has 2 heterocycles. The molecule has 4 rings (SSSR count). The Morgan fingerprint density at radius 3 is 2.59 bits per heavy atom. The minimum Gasteiger partial charge on any atom is -0.325 e. The van der Waals surface area contributed by atoms with E-state index in [1.165, 1.54) is 31.4 Å². The predicted octanol–water partition coefficient (Wildman–Crippen LogP) is 6.46. The maximum atomic E-state index is 13.8. The van der Waals surface area contributed by atoms with Gasteiger partial charge in [0.1, 0.15) is 17.2 Å². The number of nitrogens with zero attached hydrogens (tertiary/aromatic N) is 4. The first-order valence-electron chi connectivity index (χ1n) is 10.3. The Balaban J connectivity index is 1.79. The number of imidazole rings is 1. The Hall–Kier alpha value is -2.21. The van der Waals surface area contributed by atoms with Crippen molar-refractivity contribution >= 4 is 34.4 Å². The molecule has 1 fully saturated rings. The van der Waals surface area contributed by atoms with Crippen molar-refractivity contribution in [3.8, 4) is 0 Å². The van der Waals surface area contributed by atoms with Gasteiger partial charge in [0.25, 0.3) is 0 Å². The Morgan fingerprint density at radius 1 is 1.14 bits per heavy atom. The molecular weight excluding hydrogens is 389 g/mol. The molecule has 29 heavy (non-hydrogen) atoms. The van der Waals surface area contributed by atoms with Crippen LogP contribution in [-0.2, 0) is 6.42 Å². The van der Waals surface area contributed by atoms with Crippen LogP contribution in [0.25, 0.3) is 11.2 Å². The smallest absolute Gasteiger partial charge is 0.209 e. The Bertz CT molecular complexity index is 998. The molecule has 1 aliphatic rings. The van der Waals surface area contributed by atoms with Crippen molar-refractivity contribution in [2.75, 3.05) is 5.32 Å². The highest BCUT2D eigenvalue weighted by Gasteiger charge is 2.24. The summed E-state index contributed by atoms with van der Waals surface area (Å²) < 4.78 is 16.0. The van der Waals surface area contributed by atoms with E-state index in [4.69, 9.17) is 21.6 Å². The third kappa shape index (κ3) is 4.69. The minimum absolute atomic E-state index is 0.1000. The van der Waals surface area contributed by atoms with E-state index < -0.39 is 0 Å². The van der Waals surface area contributed by atoms with Crippen molar-refractivity contribution < 1.29 is 4.39 Å². The maximum absolute atomic E-state index is 13.8. The number of aromatic nitrogens is 4. The quantitative estimate of drug-likeness (QED) is 0.531. The fourth-order valence-electron chi connectivity index (χ4n) is 4.01. The number of halogens is 2. The largest absolute Gasteiger partial charge is 0.325 e. The van der Waals surface area contributed by atoms with Crippen LogP contribution in [0.1, 0.15) is 64.7 Å². The van der Waals surface area contributed by atoms with E-state index in [9.17, 15) is 4.39 Å². The lowest BCUT2D eigenvalue weighted by Crippen LogP contribution is -2.16. The van der Waals surface area contributed by atoms with Gasteiger partial charge in [-0.05, 0) is 36.5 Å². The van der Waals surface area contributed by atoms with Crippen molar-refractivity contribution in [2.45, 2.75) is 65.3 Å². The summed E-state index contributed by atoms with van der Waals surface area (Å²) in [5, 5.41) is 3.62. The van der Waals surface area contributed by atoms with Crippen LogP contribution in [0.2, 0.25) is 5.02 Å². The van der Waals surface area contributed by atoms with Crippen LogP contribution in [0.4, 0.5) is 16.0 Å². The lowest BCUT2D eigenvalue weighted by molar-refractivity contribution is 0.361. The molecule has 0 radical (unpaired) electrons. The van der Waals surface area contributed by atoms with Crippen molar-refractivity contribution in [3.63, 3.8) is 0 Å². The third-order valence-corrected chi connectivity index (χ3v) is 5.45. The van der Waals surface area contributed by atoms with Gasteiger partial charge in [0.15, 0.2) is 5.65 Å². The Labute approximate surface area is 175 Å². The summed E-state index contributed by atoms with van der Waals surface area (Å²) in [4.78, 5) is 14.2. The number of nitrogens with one attached hydrogen (secondary N) is 1. The molecule has 0 spiro atoms. The van der Waals surface area contributed by atoms with Gasteiger partial charge in [-0.25, -0.2) is 19.3 Å². The molecule has 1 N–H and O–H groups in total. The van der Waals surface area contributed by atoms with E-state index in [0.29, 0.717) is 22.7 Å². The zero-order valence-corrected chi connectivity index (χ0v) is 17.9. The first-order valence-corrected chi connectivity index (χ1v) is 10.6. The first-order chi connectivity index (χ1) is 13.8. The molecule has 0 aliphatic heterocycles. The first kappa shape index (κ1) is 20.1. The normalized spacial score (nSPS) is 15.8. The number of anilines is 2. The van der Waals surface area contributed by atoms with Crippen molar-refractivity contribution in [3.05, 3.63) is 41.1 Å². The molecule has 0 bridgehead atoms. The SMILES string of the molecule is CC(C)(C)Cc1ncc2nc(Nc3cc(F)cc(Cl)c3)n(C3CCCCC3)c2n1. The molecule has 1 aromatic carbocycles. The summed E-state index contributed by atoms with van der Waals surface area (Å²) in [6.45, 7) is 6.54. The molecule has 0 atom stereocenters. The summed E-state index contributed by atoms with van der Waals surface area (Å²) in [5.74, 6) is 1.10. The number of hydrogen-bond donors (Lipinski definition) is 1. The highest BCUT2D eigenvalue weighted by atomic mass is 35.5. The van der Waals surface area contributed by atoms with Crippen LogP contribution in [-0.4, -0.2) is 19.5 Å². The summed E-state index contributed by atoms with van der Waals surface area (Å²) in [7, 11) is 0. The van der Waals surface area contributed by atoms with E-state index >= 15 is 0 Å². The summed E-state index contributed by atoms with van der Waals surface area (Å²) >= 11 is 6.04. The van der Waals surface area contributed by atoms with E-state index in [1.807, 2.05) is 0 Å². The van der Waals surface area contributed by atoms with Crippen LogP contribution >= 0.6 is 11.6 Å². The van der Waals surface area contributed by atoms with Gasteiger partial charge in [-0.15, -0.1) is 0 Å². The molecule has 1 aliphatic carbocycles. The van der Waals surface area contributed by atoms with Crippen LogP contribution in [0, 0.1) is 11.2 Å². The minimum atomic E-state index is -0.382. The third-order valence-electron chi connectivity index (χ3n) is 5.23. The summed E-state index contributed by atoms with van der Waals surface area (Å²) in [6.07, 6.45) is 8.40. The molecule has 0 unspecified atom stereocenters. The molecule has 3 aromatic rings. The lowest BCUT2D eigenvalue weighted by atomic mass is 9.92. The molecule has 154 valence electrons. The van der Waals surface area contributed by atoms with Crippen LogP contribution < -0.4 is 5.32 Å². The second kappa shape index (κ2) is 7.90. The summed E-state index contributed by atoms with van der Waals surface area (Å²) in [6, 6.07) is 4.73. The topological polar surface area (TPSA) is 55.6 Å². The van der Waals surface area contributed by atoms with Crippen LogP contribution in [0.15, 0.2) is 24.4 Å². The molecule has 5 nitrogen and oxygen atoms in total. The predicted molar refractivity (Wildman–Crippen MR) is 115 cm³/mol. The van der Waals surface area contributed by atoms with E-state index in [2.05, 4.69) is 35.6 Å². The van der Waals surface area contributed by atoms with Gasteiger partial charge in [0.05, 0.1) is 6.20 Å². The summed E-state index contributed by atoms with van der Waals surface area (Å²) in [5.41, 5.74) is 2.27. The second-order valence-corrected chi connectivity index (χ2v) is 9.55. The van der Waals surface area contributed by atoms with E-state index in [-0.39, 0.29) is 11.2 Å². The standard InChI is InChI=1S/C22H27ClFN5/c1-22(2,3)12-19-25-13-18-20(28-19)29(17-7-5-4-6-8-17)21(27-18)26-16-10-14(23)9-15(24)11-16/h9-11,13,17H,4-8,12H2,1-3H3,(H,26,27). The number of hydrogen-bond acceptors (Lipinski definition) is 4. The zero-order valence-electron chi connectivity index (χ0n) is 17.2. The molecule has 1 saturated carbocycles. The fourth-order valence-corrected chi connectivity index (χ4v) is 4.24. The van der Waals surface area contributed by atoms with Gasteiger partial charge in [0.2, 0.25) is 5.95 Å². The van der Waals surface area contributed by atoms with Gasteiger partial charge in [0, 0.05) is 23.2 Å². The number of benzene rings is 1. The highest BCUT2D eigenvalue weighted by Crippen LogP contribution is 2.35. The van der Waals surface area contributed by atoms with Gasteiger partial charge in [-0.2, -0.15) is 0 Å². The van der Waals surface area contributed by atoms with E-state index in [1.54, 1.807) is 12.3 Å². The number of fused-ring (bicyclic) bond motifs is 1. The van der Waals surface area contributed by atoms with Crippen LogP contribution in [0.5, 0.6) is 0 Å². The maximum Gasteiger partial charge on any atom is 0.209 e. The lowest BCUT2D eigenvalue weighted by Gasteiger charge is -2.25. The average Bonchev–Trinajstić information content (AvgIpc) is 2.97. The average molecular weight is 416 g/mol. The monoisotopic (exact) mass is 415 g/mol. The van der Waals surface area contributed by atoms with Gasteiger partial charge in [-0.1, -0.05) is 51.6 Å². The van der Waals surface area contributed by atoms with Crippen LogP contribution in [0.3, 0.4) is 0 Å². The second-order valence-electron chi connectivity index (χ2n) is 9.11. The Morgan fingerprint density at radius 2 is 1.90 bits per heavy atom. The molecule has 7 heteroatoms. The van der Waals surface area contributed by atoms with Crippen molar-refractivity contribution in [1.29, 1.82) is 0 Å². The fraction of sp³-hybridized carbons (Fsp3) is 0.500. The Kier molecular flexibility index (Phi) is 5.47.